The average molecular weight is 212 g/mol. The number of carbonyl (C=O) groups is 2. The Bertz CT molecular complexity index is 266. The highest BCUT2D eigenvalue weighted by atomic mass is 16.5. The fourth-order valence-electron chi connectivity index (χ4n) is 1.87. The zero-order valence-corrected chi connectivity index (χ0v) is 9.23. The molecule has 0 aromatic rings. The minimum atomic E-state index is -0.818. The van der Waals surface area contributed by atoms with Gasteiger partial charge in [-0.3, -0.25) is 9.59 Å². The van der Waals surface area contributed by atoms with Crippen molar-refractivity contribution in [3.05, 3.63) is 12.2 Å². The number of hydrogen-bond acceptors (Lipinski definition) is 4. The van der Waals surface area contributed by atoms with E-state index in [1.54, 1.807) is 0 Å². The van der Waals surface area contributed by atoms with Crippen LogP contribution in [0.1, 0.15) is 13.3 Å². The first-order valence-electron chi connectivity index (χ1n) is 4.94. The number of allylic oxidation sites excluding steroid dienone is 2. The monoisotopic (exact) mass is 212 g/mol. The van der Waals surface area contributed by atoms with Crippen LogP contribution in [0, 0.1) is 17.8 Å². The van der Waals surface area contributed by atoms with E-state index in [1.807, 2.05) is 19.1 Å². The van der Waals surface area contributed by atoms with E-state index in [0.717, 1.165) is 6.42 Å². The van der Waals surface area contributed by atoms with Crippen molar-refractivity contribution in [1.29, 1.82) is 0 Å². The van der Waals surface area contributed by atoms with Crippen molar-refractivity contribution in [2.75, 3.05) is 14.2 Å². The molecule has 0 spiro atoms. The predicted molar refractivity (Wildman–Crippen MR) is 53.9 cm³/mol. The van der Waals surface area contributed by atoms with Crippen LogP contribution in [0.3, 0.4) is 0 Å². The molecule has 0 unspecified atom stereocenters. The van der Waals surface area contributed by atoms with Crippen LogP contribution in [0.5, 0.6) is 0 Å². The Hall–Kier alpha value is -1.32. The maximum atomic E-state index is 11.4. The molecule has 0 amide bonds. The zero-order chi connectivity index (χ0) is 11.4. The second-order valence-corrected chi connectivity index (χ2v) is 3.79. The van der Waals surface area contributed by atoms with Crippen molar-refractivity contribution in [3.8, 4) is 0 Å². The second-order valence-electron chi connectivity index (χ2n) is 3.79. The highest BCUT2D eigenvalue weighted by Gasteiger charge is 2.37. The number of rotatable bonds is 3. The maximum absolute atomic E-state index is 11.4. The molecule has 0 fully saturated rings. The number of ether oxygens (including phenoxy) is 2. The first kappa shape index (κ1) is 11.8. The number of esters is 2. The fraction of sp³-hybridized carbons (Fsp3) is 0.636. The highest BCUT2D eigenvalue weighted by molar-refractivity contribution is 5.95. The number of carbonyl (C=O) groups excluding carboxylic acids is 2. The van der Waals surface area contributed by atoms with Crippen molar-refractivity contribution in [3.63, 3.8) is 0 Å². The van der Waals surface area contributed by atoms with E-state index in [0.29, 0.717) is 5.92 Å². The molecule has 0 aliphatic heterocycles. The normalized spacial score (nSPS) is 24.3. The van der Waals surface area contributed by atoms with Crippen molar-refractivity contribution >= 4 is 11.9 Å². The van der Waals surface area contributed by atoms with Gasteiger partial charge in [0.2, 0.25) is 0 Å². The molecule has 4 nitrogen and oxygen atoms in total. The van der Waals surface area contributed by atoms with Gasteiger partial charge < -0.3 is 9.47 Å². The Labute approximate surface area is 89.2 Å². The van der Waals surface area contributed by atoms with E-state index >= 15 is 0 Å². The van der Waals surface area contributed by atoms with Gasteiger partial charge in [0.05, 0.1) is 14.2 Å². The van der Waals surface area contributed by atoms with Crippen LogP contribution in [-0.2, 0) is 19.1 Å². The smallest absolute Gasteiger partial charge is 0.320 e. The molecule has 84 valence electrons. The molecule has 0 bridgehead atoms. The van der Waals surface area contributed by atoms with E-state index < -0.39 is 17.9 Å². The minimum Gasteiger partial charge on any atom is -0.468 e. The summed E-state index contributed by atoms with van der Waals surface area (Å²) in [6.45, 7) is 2.04. The van der Waals surface area contributed by atoms with E-state index in [9.17, 15) is 9.59 Å². The van der Waals surface area contributed by atoms with E-state index in [2.05, 4.69) is 9.47 Å². The summed E-state index contributed by atoms with van der Waals surface area (Å²) in [5.74, 6) is -1.57. The van der Waals surface area contributed by atoms with Crippen LogP contribution in [-0.4, -0.2) is 26.2 Å². The summed E-state index contributed by atoms with van der Waals surface area (Å²) in [6.07, 6.45) is 4.68. The van der Waals surface area contributed by atoms with Gasteiger partial charge in [-0.05, 0) is 12.3 Å². The lowest BCUT2D eigenvalue weighted by molar-refractivity contribution is -0.160. The SMILES string of the molecule is COC(=O)C(C(=O)OC)[C@H]1C=C[C@H](C)C1. The van der Waals surface area contributed by atoms with Gasteiger partial charge in [-0.25, -0.2) is 0 Å². The van der Waals surface area contributed by atoms with E-state index in [-0.39, 0.29) is 5.92 Å². The third-order valence-electron chi connectivity index (χ3n) is 2.67. The lowest BCUT2D eigenvalue weighted by atomic mass is 9.90. The summed E-state index contributed by atoms with van der Waals surface area (Å²) in [5.41, 5.74) is 0. The molecule has 0 saturated carbocycles. The molecule has 0 N–H and O–H groups in total. The Morgan fingerprint density at radius 1 is 1.20 bits per heavy atom. The average Bonchev–Trinajstić information content (AvgIpc) is 2.64. The van der Waals surface area contributed by atoms with Crippen molar-refractivity contribution in [2.24, 2.45) is 17.8 Å². The Balaban J connectivity index is 2.77. The van der Waals surface area contributed by atoms with Crippen molar-refractivity contribution < 1.29 is 19.1 Å². The summed E-state index contributed by atoms with van der Waals surface area (Å²) in [7, 11) is 2.56. The van der Waals surface area contributed by atoms with Crippen LogP contribution in [0.25, 0.3) is 0 Å². The molecule has 1 aliphatic rings. The first-order chi connectivity index (χ1) is 7.10. The molecule has 0 aromatic carbocycles. The van der Waals surface area contributed by atoms with Gasteiger partial charge in [-0.1, -0.05) is 19.1 Å². The molecule has 4 heteroatoms. The molecule has 0 saturated heterocycles. The van der Waals surface area contributed by atoms with Crippen LogP contribution in [0.15, 0.2) is 12.2 Å². The van der Waals surface area contributed by atoms with Crippen molar-refractivity contribution in [2.45, 2.75) is 13.3 Å². The number of methoxy groups -OCH3 is 2. The van der Waals surface area contributed by atoms with Gasteiger partial charge in [0.25, 0.3) is 0 Å². The fourth-order valence-corrected chi connectivity index (χ4v) is 1.87. The quantitative estimate of drug-likeness (QED) is 0.400. The summed E-state index contributed by atoms with van der Waals surface area (Å²) in [5, 5.41) is 0. The van der Waals surface area contributed by atoms with Gasteiger partial charge in [-0.2, -0.15) is 0 Å². The minimum absolute atomic E-state index is 0.0973. The zero-order valence-electron chi connectivity index (χ0n) is 9.23. The summed E-state index contributed by atoms with van der Waals surface area (Å²) < 4.78 is 9.22. The molecule has 0 heterocycles. The lowest BCUT2D eigenvalue weighted by Crippen LogP contribution is -2.32. The molecule has 2 atom stereocenters. The lowest BCUT2D eigenvalue weighted by Gasteiger charge is -2.17. The van der Waals surface area contributed by atoms with Crippen molar-refractivity contribution in [1.82, 2.24) is 0 Å². The Morgan fingerprint density at radius 3 is 2.07 bits per heavy atom. The standard InChI is InChI=1S/C11H16O4/c1-7-4-5-8(6-7)9(10(12)14-2)11(13)15-3/h4-5,7-9H,6H2,1-3H3/t7-,8-/m0/s1. The number of hydrogen-bond donors (Lipinski definition) is 0. The first-order valence-corrected chi connectivity index (χ1v) is 4.94. The summed E-state index contributed by atoms with van der Waals surface area (Å²) in [4.78, 5) is 22.9. The molecule has 1 rings (SSSR count). The molecule has 15 heavy (non-hydrogen) atoms. The van der Waals surface area contributed by atoms with Gasteiger partial charge in [0.15, 0.2) is 5.92 Å². The van der Waals surface area contributed by atoms with Crippen LogP contribution < -0.4 is 0 Å². The van der Waals surface area contributed by atoms with Crippen LogP contribution >= 0.6 is 0 Å². The van der Waals surface area contributed by atoms with Gasteiger partial charge >= 0.3 is 11.9 Å². The molecule has 1 aliphatic carbocycles. The van der Waals surface area contributed by atoms with Gasteiger partial charge in [0.1, 0.15) is 0 Å². The summed E-state index contributed by atoms with van der Waals surface area (Å²) >= 11 is 0. The van der Waals surface area contributed by atoms with Gasteiger partial charge in [-0.15, -0.1) is 0 Å². The van der Waals surface area contributed by atoms with Crippen LogP contribution in [0.2, 0.25) is 0 Å². The second kappa shape index (κ2) is 4.96. The molecular weight excluding hydrogens is 196 g/mol. The molecular formula is C11H16O4. The maximum Gasteiger partial charge on any atom is 0.320 e. The van der Waals surface area contributed by atoms with Crippen LogP contribution in [0.4, 0.5) is 0 Å². The third-order valence-corrected chi connectivity index (χ3v) is 2.67. The Morgan fingerprint density at radius 2 is 1.73 bits per heavy atom. The largest absolute Gasteiger partial charge is 0.468 e. The Kier molecular flexibility index (Phi) is 3.88. The van der Waals surface area contributed by atoms with E-state index in [4.69, 9.17) is 0 Å². The molecule has 0 aromatic heterocycles. The van der Waals surface area contributed by atoms with E-state index in [1.165, 1.54) is 14.2 Å². The summed E-state index contributed by atoms with van der Waals surface area (Å²) in [6, 6.07) is 0. The predicted octanol–water partition coefficient (Wildman–Crippen LogP) is 1.16. The van der Waals surface area contributed by atoms with Gasteiger partial charge in [0, 0.05) is 5.92 Å². The highest BCUT2D eigenvalue weighted by Crippen LogP contribution is 2.30. The topological polar surface area (TPSA) is 52.6 Å². The molecule has 0 radical (unpaired) electrons. The third kappa shape index (κ3) is 2.58.